The molecule has 4 rings (SSSR count). The average Bonchev–Trinajstić information content (AvgIpc) is 3.51. The molecule has 4 aromatic rings. The predicted molar refractivity (Wildman–Crippen MR) is 124 cm³/mol. The van der Waals surface area contributed by atoms with Crippen LogP contribution in [0.2, 0.25) is 5.02 Å². The Morgan fingerprint density at radius 2 is 1.79 bits per heavy atom. The van der Waals surface area contributed by atoms with Crippen molar-refractivity contribution in [3.63, 3.8) is 0 Å². The molecule has 2 heterocycles. The van der Waals surface area contributed by atoms with Gasteiger partial charge in [0.05, 0.1) is 30.6 Å². The zero-order valence-electron chi connectivity index (χ0n) is 17.8. The minimum absolute atomic E-state index is 0.0848. The summed E-state index contributed by atoms with van der Waals surface area (Å²) in [4.78, 5) is 27.4. The summed E-state index contributed by atoms with van der Waals surface area (Å²) in [6.07, 6.45) is 1.51. The summed E-state index contributed by atoms with van der Waals surface area (Å²) in [5, 5.41) is 3.29. The monoisotopic (exact) mass is 464 g/mol. The number of ether oxygens (including phenoxy) is 1. The maximum absolute atomic E-state index is 13.3. The van der Waals surface area contributed by atoms with Crippen LogP contribution in [-0.4, -0.2) is 30.4 Å². The SMILES string of the molecule is COc1ccccc1NC(=O)CN(Cc1ccco1)C(=O)c1ccc(-c2ccccc2Cl)o1. The molecule has 168 valence electrons. The van der Waals surface area contributed by atoms with Crippen LogP contribution in [0.3, 0.4) is 0 Å². The minimum atomic E-state index is -0.458. The highest BCUT2D eigenvalue weighted by atomic mass is 35.5. The van der Waals surface area contributed by atoms with Crippen LogP contribution in [0.4, 0.5) is 5.69 Å². The van der Waals surface area contributed by atoms with Crippen LogP contribution >= 0.6 is 11.6 Å². The van der Waals surface area contributed by atoms with Crippen LogP contribution in [0.25, 0.3) is 11.3 Å². The first-order chi connectivity index (χ1) is 16.0. The van der Waals surface area contributed by atoms with Gasteiger partial charge in [-0.25, -0.2) is 0 Å². The summed E-state index contributed by atoms with van der Waals surface area (Å²) < 4.78 is 16.4. The van der Waals surface area contributed by atoms with E-state index < -0.39 is 11.8 Å². The number of nitrogens with one attached hydrogen (secondary N) is 1. The molecule has 2 aromatic carbocycles. The zero-order valence-corrected chi connectivity index (χ0v) is 18.5. The Hall–Kier alpha value is -3.97. The molecule has 7 nitrogen and oxygen atoms in total. The number of furan rings is 2. The van der Waals surface area contributed by atoms with E-state index in [1.54, 1.807) is 60.7 Å². The Labute approximate surface area is 195 Å². The van der Waals surface area contributed by atoms with Crippen LogP contribution in [0, 0.1) is 0 Å². The Kier molecular flexibility index (Phi) is 6.80. The smallest absolute Gasteiger partial charge is 0.290 e. The highest BCUT2D eigenvalue weighted by Gasteiger charge is 2.24. The quantitative estimate of drug-likeness (QED) is 0.373. The molecule has 2 amide bonds. The van der Waals surface area contributed by atoms with Crippen molar-refractivity contribution < 1.29 is 23.2 Å². The van der Waals surface area contributed by atoms with Gasteiger partial charge in [0.2, 0.25) is 5.91 Å². The lowest BCUT2D eigenvalue weighted by Crippen LogP contribution is -2.37. The van der Waals surface area contributed by atoms with E-state index in [0.717, 1.165) is 0 Å². The number of para-hydroxylation sites is 2. The first-order valence-corrected chi connectivity index (χ1v) is 10.5. The van der Waals surface area contributed by atoms with Crippen LogP contribution in [-0.2, 0) is 11.3 Å². The fourth-order valence-electron chi connectivity index (χ4n) is 3.32. The molecule has 0 bridgehead atoms. The maximum atomic E-state index is 13.3. The molecule has 1 N–H and O–H groups in total. The highest BCUT2D eigenvalue weighted by molar-refractivity contribution is 6.33. The normalized spacial score (nSPS) is 10.6. The number of halogens is 1. The molecule has 33 heavy (non-hydrogen) atoms. The third-order valence-electron chi connectivity index (χ3n) is 4.89. The van der Waals surface area contributed by atoms with Gasteiger partial charge >= 0.3 is 0 Å². The van der Waals surface area contributed by atoms with Gasteiger partial charge in [-0.15, -0.1) is 0 Å². The second-order valence-corrected chi connectivity index (χ2v) is 7.54. The van der Waals surface area contributed by atoms with E-state index >= 15 is 0 Å². The summed E-state index contributed by atoms with van der Waals surface area (Å²) in [6, 6.07) is 20.9. The maximum Gasteiger partial charge on any atom is 0.290 e. The number of amides is 2. The minimum Gasteiger partial charge on any atom is -0.495 e. The number of hydrogen-bond acceptors (Lipinski definition) is 5. The summed E-state index contributed by atoms with van der Waals surface area (Å²) >= 11 is 6.24. The Morgan fingerprint density at radius 1 is 1.00 bits per heavy atom. The fraction of sp³-hybridized carbons (Fsp3) is 0.120. The Balaban J connectivity index is 1.55. The number of rotatable bonds is 8. The van der Waals surface area contributed by atoms with Crippen LogP contribution in [0.15, 0.2) is 87.9 Å². The average molecular weight is 465 g/mol. The lowest BCUT2D eigenvalue weighted by atomic mass is 10.2. The molecule has 8 heteroatoms. The van der Waals surface area contributed by atoms with Gasteiger partial charge < -0.3 is 23.8 Å². The van der Waals surface area contributed by atoms with Gasteiger partial charge in [-0.05, 0) is 48.5 Å². The van der Waals surface area contributed by atoms with Gasteiger partial charge in [0.25, 0.3) is 5.91 Å². The molecule has 0 saturated carbocycles. The van der Waals surface area contributed by atoms with Crippen molar-refractivity contribution in [2.45, 2.75) is 6.54 Å². The van der Waals surface area contributed by atoms with E-state index in [-0.39, 0.29) is 18.8 Å². The number of carbonyl (C=O) groups excluding carboxylic acids is 2. The summed E-state index contributed by atoms with van der Waals surface area (Å²) in [7, 11) is 1.52. The molecule has 2 aromatic heterocycles. The second kappa shape index (κ2) is 10.1. The van der Waals surface area contributed by atoms with Crippen molar-refractivity contribution in [2.75, 3.05) is 19.0 Å². The van der Waals surface area contributed by atoms with Gasteiger partial charge in [0, 0.05) is 5.56 Å². The lowest BCUT2D eigenvalue weighted by molar-refractivity contribution is -0.117. The zero-order chi connectivity index (χ0) is 23.2. The van der Waals surface area contributed by atoms with Crippen molar-refractivity contribution in [3.8, 4) is 17.1 Å². The molecule has 0 fully saturated rings. The number of methoxy groups -OCH3 is 1. The number of carbonyl (C=O) groups is 2. The molecule has 0 atom stereocenters. The molecular weight excluding hydrogens is 444 g/mol. The molecule has 0 aliphatic rings. The molecule has 0 radical (unpaired) electrons. The van der Waals surface area contributed by atoms with E-state index in [4.69, 9.17) is 25.2 Å². The first-order valence-electron chi connectivity index (χ1n) is 10.1. The Morgan fingerprint density at radius 3 is 2.55 bits per heavy atom. The molecule has 0 aliphatic heterocycles. The largest absolute Gasteiger partial charge is 0.495 e. The topological polar surface area (TPSA) is 84.9 Å². The third-order valence-corrected chi connectivity index (χ3v) is 5.22. The third kappa shape index (κ3) is 5.27. The first kappa shape index (κ1) is 22.2. The number of hydrogen-bond donors (Lipinski definition) is 1. The predicted octanol–water partition coefficient (Wildman–Crippen LogP) is 5.48. The molecule has 0 spiro atoms. The van der Waals surface area contributed by atoms with Crippen molar-refractivity contribution in [2.24, 2.45) is 0 Å². The number of benzene rings is 2. The standard InChI is InChI=1S/C25H21ClN2O5/c1-31-22-11-5-4-10-20(22)27-24(29)16-28(15-17-7-6-14-32-17)25(30)23-13-12-21(33-23)18-8-2-3-9-19(18)26/h2-14H,15-16H2,1H3,(H,27,29). The summed E-state index contributed by atoms with van der Waals surface area (Å²) in [5.41, 5.74) is 1.18. The summed E-state index contributed by atoms with van der Waals surface area (Å²) in [6.45, 7) is -0.132. The van der Waals surface area contributed by atoms with E-state index in [0.29, 0.717) is 33.5 Å². The lowest BCUT2D eigenvalue weighted by Gasteiger charge is -2.20. The van der Waals surface area contributed by atoms with E-state index in [9.17, 15) is 9.59 Å². The van der Waals surface area contributed by atoms with Gasteiger partial charge in [-0.2, -0.15) is 0 Å². The van der Waals surface area contributed by atoms with Crippen molar-refractivity contribution in [1.29, 1.82) is 0 Å². The molecular formula is C25H21ClN2O5. The number of anilines is 1. The molecule has 0 saturated heterocycles. The van der Waals surface area contributed by atoms with Crippen LogP contribution in [0.1, 0.15) is 16.3 Å². The van der Waals surface area contributed by atoms with Crippen LogP contribution < -0.4 is 10.1 Å². The van der Waals surface area contributed by atoms with E-state index in [1.807, 2.05) is 12.1 Å². The van der Waals surface area contributed by atoms with Crippen molar-refractivity contribution in [3.05, 3.63) is 95.6 Å². The van der Waals surface area contributed by atoms with Crippen molar-refractivity contribution >= 4 is 29.1 Å². The van der Waals surface area contributed by atoms with Gasteiger partial charge in [-0.3, -0.25) is 9.59 Å². The second-order valence-electron chi connectivity index (χ2n) is 7.13. The van der Waals surface area contributed by atoms with Gasteiger partial charge in [-0.1, -0.05) is 35.9 Å². The molecule has 0 aliphatic carbocycles. The van der Waals surface area contributed by atoms with Crippen molar-refractivity contribution in [1.82, 2.24) is 4.90 Å². The van der Waals surface area contributed by atoms with E-state index in [2.05, 4.69) is 5.32 Å². The summed E-state index contributed by atoms with van der Waals surface area (Å²) in [5.74, 6) is 0.746. The van der Waals surface area contributed by atoms with Gasteiger partial charge in [0.1, 0.15) is 23.8 Å². The van der Waals surface area contributed by atoms with Gasteiger partial charge in [0.15, 0.2) is 5.76 Å². The number of nitrogens with zero attached hydrogens (tertiary/aromatic N) is 1. The van der Waals surface area contributed by atoms with E-state index in [1.165, 1.54) is 18.3 Å². The molecule has 0 unspecified atom stereocenters. The van der Waals surface area contributed by atoms with Crippen LogP contribution in [0.5, 0.6) is 5.75 Å². The highest BCUT2D eigenvalue weighted by Crippen LogP contribution is 2.29. The Bertz CT molecular complexity index is 1250. The fourth-order valence-corrected chi connectivity index (χ4v) is 3.54.